The van der Waals surface area contributed by atoms with E-state index in [0.29, 0.717) is 11.8 Å². The quantitative estimate of drug-likeness (QED) is 0.911. The highest BCUT2D eigenvalue weighted by atomic mass is 16.5. The van der Waals surface area contributed by atoms with Crippen molar-refractivity contribution in [2.45, 2.75) is 50.7 Å². The van der Waals surface area contributed by atoms with E-state index in [2.05, 4.69) is 22.0 Å². The Balaban J connectivity index is 1.35. The molecule has 2 heterocycles. The second kappa shape index (κ2) is 6.65. The Morgan fingerprint density at radius 2 is 1.83 bits per heavy atom. The van der Waals surface area contributed by atoms with Gasteiger partial charge in [0.25, 0.3) is 0 Å². The number of hydrogen-bond acceptors (Lipinski definition) is 5. The Kier molecular flexibility index (Phi) is 4.37. The van der Waals surface area contributed by atoms with Crippen LogP contribution in [0.4, 0.5) is 0 Å². The van der Waals surface area contributed by atoms with Gasteiger partial charge in [-0.2, -0.15) is 4.98 Å². The summed E-state index contributed by atoms with van der Waals surface area (Å²) in [4.78, 5) is 6.97. The molecule has 1 aliphatic carbocycles. The fourth-order valence-electron chi connectivity index (χ4n) is 3.63. The highest BCUT2D eigenvalue weighted by Gasteiger charge is 2.33. The molecule has 0 radical (unpaired) electrons. The highest BCUT2D eigenvalue weighted by Crippen LogP contribution is 2.39. The number of hydrogen-bond donors (Lipinski definition) is 1. The van der Waals surface area contributed by atoms with Crippen LogP contribution in [0.15, 0.2) is 34.9 Å². The number of nitrogens with zero attached hydrogens (tertiary/aromatic N) is 3. The van der Waals surface area contributed by atoms with E-state index in [-0.39, 0.29) is 12.1 Å². The van der Waals surface area contributed by atoms with E-state index < -0.39 is 0 Å². The van der Waals surface area contributed by atoms with Crippen LogP contribution in [0.25, 0.3) is 0 Å². The van der Waals surface area contributed by atoms with Gasteiger partial charge < -0.3 is 9.63 Å². The van der Waals surface area contributed by atoms with Crippen molar-refractivity contribution in [2.75, 3.05) is 13.1 Å². The number of aliphatic hydroxyl groups excluding tert-OH is 1. The summed E-state index contributed by atoms with van der Waals surface area (Å²) in [5.74, 6) is 2.47. The van der Waals surface area contributed by atoms with Crippen molar-refractivity contribution >= 4 is 0 Å². The van der Waals surface area contributed by atoms with Gasteiger partial charge >= 0.3 is 0 Å². The van der Waals surface area contributed by atoms with Crippen molar-refractivity contribution < 1.29 is 9.63 Å². The van der Waals surface area contributed by atoms with Gasteiger partial charge in [-0.1, -0.05) is 35.5 Å². The van der Waals surface area contributed by atoms with Crippen LogP contribution in [0, 0.1) is 5.92 Å². The van der Waals surface area contributed by atoms with Crippen molar-refractivity contribution in [1.82, 2.24) is 15.0 Å². The summed E-state index contributed by atoms with van der Waals surface area (Å²) < 4.78 is 5.47. The third-order valence-corrected chi connectivity index (χ3v) is 5.47. The van der Waals surface area contributed by atoms with Gasteiger partial charge in [0, 0.05) is 5.92 Å². The lowest BCUT2D eigenvalue weighted by Gasteiger charge is -2.36. The fraction of sp³-hybridized carbons (Fsp3) is 0.579. The Morgan fingerprint density at radius 3 is 2.50 bits per heavy atom. The molecule has 2 atom stereocenters. The molecular weight excluding hydrogens is 302 g/mol. The highest BCUT2D eigenvalue weighted by molar-refractivity contribution is 5.18. The van der Waals surface area contributed by atoms with Gasteiger partial charge in [0.05, 0.1) is 12.1 Å². The van der Waals surface area contributed by atoms with Crippen LogP contribution < -0.4 is 0 Å². The van der Waals surface area contributed by atoms with Gasteiger partial charge in [-0.05, 0) is 57.2 Å². The molecule has 0 bridgehead atoms. The Hall–Kier alpha value is -1.72. The zero-order chi connectivity index (χ0) is 16.5. The van der Waals surface area contributed by atoms with Gasteiger partial charge in [0.2, 0.25) is 5.89 Å². The van der Waals surface area contributed by atoms with E-state index in [4.69, 9.17) is 4.52 Å². The number of benzene rings is 1. The Bertz CT molecular complexity index is 660. The molecule has 0 spiro atoms. The van der Waals surface area contributed by atoms with Crippen LogP contribution in [0.3, 0.4) is 0 Å². The summed E-state index contributed by atoms with van der Waals surface area (Å²) >= 11 is 0. The first-order chi connectivity index (χ1) is 11.7. The number of rotatable bonds is 5. The van der Waals surface area contributed by atoms with Crippen LogP contribution in [-0.2, 0) is 0 Å². The molecule has 1 N–H and O–H groups in total. The van der Waals surface area contributed by atoms with Crippen LogP contribution in [0.5, 0.6) is 0 Å². The molecule has 5 nitrogen and oxygen atoms in total. The first-order valence-corrected chi connectivity index (χ1v) is 9.03. The minimum absolute atomic E-state index is 0.153. The van der Waals surface area contributed by atoms with Gasteiger partial charge in [-0.15, -0.1) is 0 Å². The molecule has 1 saturated heterocycles. The van der Waals surface area contributed by atoms with Gasteiger partial charge in [0.1, 0.15) is 0 Å². The molecule has 1 aliphatic heterocycles. The Morgan fingerprint density at radius 1 is 1.12 bits per heavy atom. The minimum Gasteiger partial charge on any atom is -0.388 e. The number of piperidine rings is 1. The molecule has 1 aromatic carbocycles. The monoisotopic (exact) mass is 327 g/mol. The molecule has 5 heteroatoms. The molecule has 128 valence electrons. The predicted molar refractivity (Wildman–Crippen MR) is 90.4 cm³/mol. The third-order valence-electron chi connectivity index (χ3n) is 5.47. The number of likely N-dealkylation sites (tertiary alicyclic amines) is 1. The maximum absolute atomic E-state index is 10.6. The first kappa shape index (κ1) is 15.8. The molecule has 2 aliphatic rings. The van der Waals surface area contributed by atoms with Crippen LogP contribution in [-0.4, -0.2) is 33.2 Å². The summed E-state index contributed by atoms with van der Waals surface area (Å²) in [6, 6.07) is 10.1. The van der Waals surface area contributed by atoms with Gasteiger partial charge in [-0.3, -0.25) is 4.90 Å². The summed E-state index contributed by atoms with van der Waals surface area (Å²) in [5.41, 5.74) is 1.02. The maximum Gasteiger partial charge on any atom is 0.243 e. The molecule has 24 heavy (non-hydrogen) atoms. The van der Waals surface area contributed by atoms with Crippen molar-refractivity contribution in [1.29, 1.82) is 0 Å². The molecule has 1 saturated carbocycles. The zero-order valence-corrected chi connectivity index (χ0v) is 14.1. The van der Waals surface area contributed by atoms with Crippen LogP contribution in [0.2, 0.25) is 0 Å². The number of aliphatic hydroxyl groups is 1. The normalized spacial score (nSPS) is 22.4. The molecule has 2 aromatic rings. The van der Waals surface area contributed by atoms with Crippen molar-refractivity contribution in [3.8, 4) is 0 Å². The fourth-order valence-corrected chi connectivity index (χ4v) is 3.63. The second-order valence-electron chi connectivity index (χ2n) is 7.17. The van der Waals surface area contributed by atoms with Gasteiger partial charge in [-0.25, -0.2) is 0 Å². The molecule has 0 amide bonds. The maximum atomic E-state index is 10.6. The summed E-state index contributed by atoms with van der Waals surface area (Å²) in [6.07, 6.45) is 3.99. The SMILES string of the molecule is C[C@@H](c1nc(C2CC2)no1)N1CCC([C@H](O)c2ccccc2)CC1. The summed E-state index contributed by atoms with van der Waals surface area (Å²) in [6.45, 7) is 4.05. The first-order valence-electron chi connectivity index (χ1n) is 9.03. The summed E-state index contributed by atoms with van der Waals surface area (Å²) in [7, 11) is 0. The largest absolute Gasteiger partial charge is 0.388 e. The van der Waals surface area contributed by atoms with E-state index in [1.807, 2.05) is 30.3 Å². The standard InChI is InChI=1S/C19H25N3O2/c1-13(19-20-18(21-24-19)16-7-8-16)22-11-9-15(10-12-22)17(23)14-5-3-2-4-6-14/h2-6,13,15-17,23H,7-12H2,1H3/t13-,17+/m0/s1. The van der Waals surface area contributed by atoms with E-state index in [1.165, 1.54) is 12.8 Å². The van der Waals surface area contributed by atoms with E-state index >= 15 is 0 Å². The molecule has 0 unspecified atom stereocenters. The van der Waals surface area contributed by atoms with Crippen molar-refractivity contribution in [3.05, 3.63) is 47.6 Å². The predicted octanol–water partition coefficient (Wildman–Crippen LogP) is 3.45. The lowest BCUT2D eigenvalue weighted by molar-refractivity contribution is 0.0420. The van der Waals surface area contributed by atoms with E-state index in [0.717, 1.165) is 43.2 Å². The van der Waals surface area contributed by atoms with E-state index in [9.17, 15) is 5.11 Å². The van der Waals surface area contributed by atoms with Crippen LogP contribution in [0.1, 0.15) is 67.9 Å². The topological polar surface area (TPSA) is 62.4 Å². The lowest BCUT2D eigenvalue weighted by atomic mass is 9.87. The smallest absolute Gasteiger partial charge is 0.243 e. The average Bonchev–Trinajstić information content (AvgIpc) is 3.38. The van der Waals surface area contributed by atoms with E-state index in [1.54, 1.807) is 0 Å². The molecule has 2 fully saturated rings. The Labute approximate surface area is 142 Å². The number of aromatic nitrogens is 2. The zero-order valence-electron chi connectivity index (χ0n) is 14.1. The van der Waals surface area contributed by atoms with Crippen molar-refractivity contribution in [3.63, 3.8) is 0 Å². The van der Waals surface area contributed by atoms with Crippen LogP contribution >= 0.6 is 0 Å². The average molecular weight is 327 g/mol. The third kappa shape index (κ3) is 3.23. The lowest BCUT2D eigenvalue weighted by Crippen LogP contribution is -2.37. The molecule has 4 rings (SSSR count). The second-order valence-corrected chi connectivity index (χ2v) is 7.17. The molecular formula is C19H25N3O2. The summed E-state index contributed by atoms with van der Waals surface area (Å²) in [5, 5.41) is 14.7. The minimum atomic E-state index is -0.367. The van der Waals surface area contributed by atoms with Crippen molar-refractivity contribution in [2.24, 2.45) is 5.92 Å². The molecule has 1 aromatic heterocycles. The van der Waals surface area contributed by atoms with Gasteiger partial charge in [0.15, 0.2) is 5.82 Å².